The smallest absolute Gasteiger partial charge is 0.0537 e. The van der Waals surface area contributed by atoms with Crippen molar-refractivity contribution in [2.75, 3.05) is 11.5 Å². The minimum atomic E-state index is 0.726. The maximum Gasteiger partial charge on any atom is 0.0537 e. The minimum absolute atomic E-state index is 0.726. The Labute approximate surface area is 82.9 Å². The molecule has 0 spiro atoms. The van der Waals surface area contributed by atoms with Crippen LogP contribution in [0.4, 0.5) is 0 Å². The van der Waals surface area contributed by atoms with E-state index < -0.39 is 0 Å². The molecule has 0 amide bonds. The summed E-state index contributed by atoms with van der Waals surface area (Å²) in [6.45, 7) is 3.07. The summed E-state index contributed by atoms with van der Waals surface area (Å²) in [5.41, 5.74) is 2.58. The average Bonchev–Trinajstić information content (AvgIpc) is 2.33. The standard InChI is InChI=1S/C9H15N3S/c1-7-8(4-11-12(7)2)3-10-9-5-13-6-9/h4,9-10H,3,5-6H2,1-2H3. The Morgan fingerprint density at radius 3 is 2.92 bits per heavy atom. The minimum Gasteiger partial charge on any atom is -0.308 e. The van der Waals surface area contributed by atoms with Crippen LogP contribution in [0.3, 0.4) is 0 Å². The SMILES string of the molecule is Cc1c(CNC2CSC2)cnn1C. The number of thioether (sulfide) groups is 1. The van der Waals surface area contributed by atoms with E-state index in [9.17, 15) is 0 Å². The van der Waals surface area contributed by atoms with Gasteiger partial charge < -0.3 is 5.32 Å². The van der Waals surface area contributed by atoms with Crippen LogP contribution in [-0.2, 0) is 13.6 Å². The van der Waals surface area contributed by atoms with Gasteiger partial charge in [0, 0.05) is 42.4 Å². The Hall–Kier alpha value is -0.480. The van der Waals surface area contributed by atoms with Gasteiger partial charge in [0.05, 0.1) is 6.20 Å². The molecule has 1 aliphatic heterocycles. The van der Waals surface area contributed by atoms with E-state index in [1.54, 1.807) is 0 Å². The first-order chi connectivity index (χ1) is 6.27. The number of hydrogen-bond acceptors (Lipinski definition) is 3. The van der Waals surface area contributed by atoms with E-state index in [0.717, 1.165) is 12.6 Å². The molecule has 0 unspecified atom stereocenters. The largest absolute Gasteiger partial charge is 0.308 e. The van der Waals surface area contributed by atoms with Crippen LogP contribution in [0.15, 0.2) is 6.20 Å². The van der Waals surface area contributed by atoms with Gasteiger partial charge in [-0.05, 0) is 6.92 Å². The molecule has 13 heavy (non-hydrogen) atoms. The van der Waals surface area contributed by atoms with Gasteiger partial charge in [0.15, 0.2) is 0 Å². The van der Waals surface area contributed by atoms with Gasteiger partial charge >= 0.3 is 0 Å². The van der Waals surface area contributed by atoms with E-state index in [1.165, 1.54) is 22.8 Å². The third-order valence-electron chi connectivity index (χ3n) is 2.56. The summed E-state index contributed by atoms with van der Waals surface area (Å²) in [6.07, 6.45) is 1.95. The van der Waals surface area contributed by atoms with Crippen LogP contribution in [0.25, 0.3) is 0 Å². The Morgan fingerprint density at radius 1 is 1.69 bits per heavy atom. The summed E-state index contributed by atoms with van der Waals surface area (Å²) in [4.78, 5) is 0. The first-order valence-corrected chi connectivity index (χ1v) is 5.71. The molecule has 0 radical (unpaired) electrons. The first kappa shape index (κ1) is 9.09. The second kappa shape index (κ2) is 3.72. The molecule has 1 saturated heterocycles. The van der Waals surface area contributed by atoms with Crippen molar-refractivity contribution in [3.8, 4) is 0 Å². The zero-order chi connectivity index (χ0) is 9.26. The predicted octanol–water partition coefficient (Wildman–Crippen LogP) is 0.934. The molecule has 0 aromatic carbocycles. The summed E-state index contributed by atoms with van der Waals surface area (Å²) in [5.74, 6) is 2.53. The van der Waals surface area contributed by atoms with Gasteiger partial charge in [-0.2, -0.15) is 16.9 Å². The lowest BCUT2D eigenvalue weighted by atomic mass is 10.2. The molecule has 2 rings (SSSR count). The maximum absolute atomic E-state index is 4.21. The lowest BCUT2D eigenvalue weighted by Crippen LogP contribution is -2.39. The topological polar surface area (TPSA) is 29.9 Å². The Morgan fingerprint density at radius 2 is 2.46 bits per heavy atom. The fourth-order valence-electron chi connectivity index (χ4n) is 1.33. The third kappa shape index (κ3) is 1.89. The second-order valence-corrected chi connectivity index (χ2v) is 4.57. The fraction of sp³-hybridized carbons (Fsp3) is 0.667. The van der Waals surface area contributed by atoms with Gasteiger partial charge in [-0.1, -0.05) is 0 Å². The van der Waals surface area contributed by atoms with Crippen LogP contribution in [0.5, 0.6) is 0 Å². The van der Waals surface area contributed by atoms with E-state index in [4.69, 9.17) is 0 Å². The molecule has 0 saturated carbocycles. The van der Waals surface area contributed by atoms with E-state index in [-0.39, 0.29) is 0 Å². The van der Waals surface area contributed by atoms with Crippen LogP contribution in [0, 0.1) is 6.92 Å². The molecule has 1 fully saturated rings. The van der Waals surface area contributed by atoms with Gasteiger partial charge in [-0.25, -0.2) is 0 Å². The monoisotopic (exact) mass is 197 g/mol. The number of hydrogen-bond donors (Lipinski definition) is 1. The van der Waals surface area contributed by atoms with Crippen molar-refractivity contribution in [3.05, 3.63) is 17.5 Å². The molecule has 3 nitrogen and oxygen atoms in total. The van der Waals surface area contributed by atoms with E-state index in [2.05, 4.69) is 17.3 Å². The van der Waals surface area contributed by atoms with Gasteiger partial charge in [-0.3, -0.25) is 4.68 Å². The fourth-order valence-corrected chi connectivity index (χ4v) is 2.03. The Kier molecular flexibility index (Phi) is 2.60. The maximum atomic E-state index is 4.21. The zero-order valence-corrected chi connectivity index (χ0v) is 8.90. The van der Waals surface area contributed by atoms with Crippen LogP contribution < -0.4 is 5.32 Å². The number of nitrogens with one attached hydrogen (secondary N) is 1. The second-order valence-electron chi connectivity index (χ2n) is 3.49. The van der Waals surface area contributed by atoms with Crippen molar-refractivity contribution in [1.29, 1.82) is 0 Å². The molecule has 0 aliphatic carbocycles. The number of nitrogens with zero attached hydrogens (tertiary/aromatic N) is 2. The molecule has 1 N–H and O–H groups in total. The van der Waals surface area contributed by atoms with E-state index in [1.807, 2.05) is 29.7 Å². The number of aromatic nitrogens is 2. The molecular formula is C9H15N3S. The quantitative estimate of drug-likeness (QED) is 0.782. The predicted molar refractivity (Wildman–Crippen MR) is 55.9 cm³/mol. The number of rotatable bonds is 3. The lowest BCUT2D eigenvalue weighted by Gasteiger charge is -2.25. The zero-order valence-electron chi connectivity index (χ0n) is 8.08. The highest BCUT2D eigenvalue weighted by Crippen LogP contribution is 2.18. The van der Waals surface area contributed by atoms with Crippen molar-refractivity contribution in [2.24, 2.45) is 7.05 Å². The van der Waals surface area contributed by atoms with Gasteiger partial charge in [0.2, 0.25) is 0 Å². The highest BCUT2D eigenvalue weighted by molar-refractivity contribution is 8.00. The Bertz CT molecular complexity index is 291. The molecule has 72 valence electrons. The van der Waals surface area contributed by atoms with Crippen molar-refractivity contribution < 1.29 is 0 Å². The summed E-state index contributed by atoms with van der Waals surface area (Å²) in [7, 11) is 1.98. The van der Waals surface area contributed by atoms with Crippen LogP contribution >= 0.6 is 11.8 Å². The van der Waals surface area contributed by atoms with Crippen molar-refractivity contribution in [3.63, 3.8) is 0 Å². The summed E-state index contributed by atoms with van der Waals surface area (Å²) >= 11 is 2.01. The average molecular weight is 197 g/mol. The molecular weight excluding hydrogens is 182 g/mol. The summed E-state index contributed by atoms with van der Waals surface area (Å²) < 4.78 is 1.92. The highest BCUT2D eigenvalue weighted by Gasteiger charge is 2.17. The van der Waals surface area contributed by atoms with Gasteiger partial charge in [-0.15, -0.1) is 0 Å². The Balaban J connectivity index is 1.89. The molecule has 1 aromatic rings. The summed E-state index contributed by atoms with van der Waals surface area (Å²) in [6, 6.07) is 0.726. The molecule has 1 aliphatic rings. The lowest BCUT2D eigenvalue weighted by molar-refractivity contribution is 0.581. The van der Waals surface area contributed by atoms with E-state index >= 15 is 0 Å². The highest BCUT2D eigenvalue weighted by atomic mass is 32.2. The van der Waals surface area contributed by atoms with Crippen molar-refractivity contribution in [2.45, 2.75) is 19.5 Å². The molecule has 2 heterocycles. The molecule has 1 aromatic heterocycles. The van der Waals surface area contributed by atoms with E-state index in [0.29, 0.717) is 0 Å². The van der Waals surface area contributed by atoms with Gasteiger partial charge in [0.1, 0.15) is 0 Å². The molecule has 0 atom stereocenters. The van der Waals surface area contributed by atoms with Crippen LogP contribution in [0.1, 0.15) is 11.3 Å². The molecule has 4 heteroatoms. The summed E-state index contributed by atoms with van der Waals surface area (Å²) in [5, 5.41) is 7.72. The van der Waals surface area contributed by atoms with Crippen molar-refractivity contribution in [1.82, 2.24) is 15.1 Å². The van der Waals surface area contributed by atoms with Crippen LogP contribution in [-0.4, -0.2) is 27.3 Å². The van der Waals surface area contributed by atoms with Gasteiger partial charge in [0.25, 0.3) is 0 Å². The first-order valence-electron chi connectivity index (χ1n) is 4.56. The third-order valence-corrected chi connectivity index (χ3v) is 3.83. The number of aryl methyl sites for hydroxylation is 1. The van der Waals surface area contributed by atoms with Crippen molar-refractivity contribution >= 4 is 11.8 Å². The normalized spacial score (nSPS) is 17.4. The van der Waals surface area contributed by atoms with Crippen LogP contribution in [0.2, 0.25) is 0 Å². The molecule has 0 bridgehead atoms.